The molecule has 0 radical (unpaired) electrons. The maximum atomic E-state index is 12.1. The molecule has 0 unspecified atom stereocenters. The topological polar surface area (TPSA) is 65.1 Å². The summed E-state index contributed by atoms with van der Waals surface area (Å²) in [7, 11) is 1.65. The van der Waals surface area contributed by atoms with Crippen molar-refractivity contribution in [3.05, 3.63) is 64.7 Å². The number of nitrogens with zero attached hydrogens (tertiary/aromatic N) is 1. The maximum absolute atomic E-state index is 12.1. The average molecular weight is 388 g/mol. The lowest BCUT2D eigenvalue weighted by molar-refractivity contribution is -0.147. The molecule has 0 N–H and O–H groups in total. The summed E-state index contributed by atoms with van der Waals surface area (Å²) >= 11 is 5.84. The van der Waals surface area contributed by atoms with Crippen molar-refractivity contribution in [3.63, 3.8) is 0 Å². The van der Waals surface area contributed by atoms with Crippen molar-refractivity contribution in [3.8, 4) is 11.5 Å². The van der Waals surface area contributed by atoms with Gasteiger partial charge in [-0.05, 0) is 41.5 Å². The van der Waals surface area contributed by atoms with E-state index in [1.165, 1.54) is 11.0 Å². The molecule has 2 aromatic rings. The number of esters is 1. The van der Waals surface area contributed by atoms with Crippen LogP contribution in [0.4, 0.5) is 0 Å². The van der Waals surface area contributed by atoms with Gasteiger partial charge >= 0.3 is 5.97 Å². The molecule has 0 fully saturated rings. The van der Waals surface area contributed by atoms with E-state index in [2.05, 4.69) is 0 Å². The summed E-state index contributed by atoms with van der Waals surface area (Å²) in [6.07, 6.45) is 2.86. The lowest BCUT2D eigenvalue weighted by Crippen LogP contribution is -2.30. The molecule has 0 saturated heterocycles. The van der Waals surface area contributed by atoms with E-state index in [0.29, 0.717) is 23.1 Å². The summed E-state index contributed by atoms with van der Waals surface area (Å²) in [5.41, 5.74) is 1.70. The highest BCUT2D eigenvalue weighted by atomic mass is 35.5. The Morgan fingerprint density at radius 2 is 1.89 bits per heavy atom. The highest BCUT2D eigenvalue weighted by Crippen LogP contribution is 2.32. The number of hydrogen-bond acceptors (Lipinski definition) is 5. The largest absolute Gasteiger partial charge is 0.454 e. The lowest BCUT2D eigenvalue weighted by Gasteiger charge is -2.17. The fourth-order valence-electron chi connectivity index (χ4n) is 2.42. The first kappa shape index (κ1) is 18.8. The predicted octanol–water partition coefficient (Wildman–Crippen LogP) is 3.28. The summed E-state index contributed by atoms with van der Waals surface area (Å²) in [6.45, 7) is 0.269. The first-order valence-electron chi connectivity index (χ1n) is 8.24. The zero-order valence-electron chi connectivity index (χ0n) is 14.7. The molecule has 27 heavy (non-hydrogen) atoms. The number of hydrogen-bond donors (Lipinski definition) is 0. The van der Waals surface area contributed by atoms with Gasteiger partial charge in [0.25, 0.3) is 5.91 Å². The van der Waals surface area contributed by atoms with Gasteiger partial charge in [-0.3, -0.25) is 4.79 Å². The predicted molar refractivity (Wildman–Crippen MR) is 100 cm³/mol. The van der Waals surface area contributed by atoms with E-state index >= 15 is 0 Å². The number of fused-ring (bicyclic) bond motifs is 1. The quantitative estimate of drug-likeness (QED) is 0.562. The summed E-state index contributed by atoms with van der Waals surface area (Å²) in [6, 6.07) is 12.5. The van der Waals surface area contributed by atoms with Crippen molar-refractivity contribution in [2.75, 3.05) is 20.4 Å². The van der Waals surface area contributed by atoms with Crippen LogP contribution in [0, 0.1) is 0 Å². The fourth-order valence-corrected chi connectivity index (χ4v) is 2.55. The summed E-state index contributed by atoms with van der Waals surface area (Å²) in [5.74, 6) is 0.407. The Morgan fingerprint density at radius 3 is 2.67 bits per heavy atom. The third-order valence-corrected chi connectivity index (χ3v) is 4.16. The van der Waals surface area contributed by atoms with E-state index in [-0.39, 0.29) is 19.3 Å². The molecule has 1 amide bonds. The first-order valence-corrected chi connectivity index (χ1v) is 8.62. The molecule has 0 atom stereocenters. The smallest absolute Gasteiger partial charge is 0.331 e. The van der Waals surface area contributed by atoms with Gasteiger partial charge < -0.3 is 19.1 Å². The first-order chi connectivity index (χ1) is 13.0. The van der Waals surface area contributed by atoms with Gasteiger partial charge in [0.15, 0.2) is 18.1 Å². The lowest BCUT2D eigenvalue weighted by atomic mass is 10.2. The van der Waals surface area contributed by atoms with E-state index in [4.69, 9.17) is 25.8 Å². The van der Waals surface area contributed by atoms with Gasteiger partial charge in [0.2, 0.25) is 6.79 Å². The van der Waals surface area contributed by atoms with Crippen LogP contribution < -0.4 is 9.47 Å². The van der Waals surface area contributed by atoms with Crippen LogP contribution in [-0.4, -0.2) is 37.2 Å². The molecule has 1 aliphatic heterocycles. The van der Waals surface area contributed by atoms with E-state index in [9.17, 15) is 9.59 Å². The van der Waals surface area contributed by atoms with E-state index < -0.39 is 5.97 Å². The number of halogens is 1. The van der Waals surface area contributed by atoms with Crippen LogP contribution in [0.2, 0.25) is 5.02 Å². The third kappa shape index (κ3) is 5.24. The second-order valence-corrected chi connectivity index (χ2v) is 6.37. The molecule has 0 saturated carbocycles. The van der Waals surface area contributed by atoms with E-state index in [1.807, 2.05) is 12.1 Å². The van der Waals surface area contributed by atoms with Crippen molar-refractivity contribution >= 4 is 29.6 Å². The zero-order valence-corrected chi connectivity index (χ0v) is 15.4. The minimum Gasteiger partial charge on any atom is -0.454 e. The van der Waals surface area contributed by atoms with E-state index in [1.54, 1.807) is 43.5 Å². The Kier molecular flexibility index (Phi) is 5.98. The Morgan fingerprint density at radius 1 is 1.15 bits per heavy atom. The standard InChI is InChI=1S/C20H18ClNO5/c1-22(11-15-2-6-16(21)7-3-15)19(23)12-25-20(24)9-5-14-4-8-17-18(10-14)27-13-26-17/h2-10H,11-13H2,1H3/b9-5+. The molecule has 1 heterocycles. The van der Waals surface area contributed by atoms with Crippen LogP contribution in [0.5, 0.6) is 11.5 Å². The Balaban J connectivity index is 1.46. The molecule has 0 spiro atoms. The van der Waals surface area contributed by atoms with Crippen molar-refractivity contribution < 1.29 is 23.8 Å². The maximum Gasteiger partial charge on any atom is 0.331 e. The number of carbonyl (C=O) groups is 2. The fraction of sp³-hybridized carbons (Fsp3) is 0.200. The third-order valence-electron chi connectivity index (χ3n) is 3.91. The molecule has 2 aromatic carbocycles. The van der Waals surface area contributed by atoms with Gasteiger partial charge in [-0.15, -0.1) is 0 Å². The molecule has 7 heteroatoms. The highest BCUT2D eigenvalue weighted by molar-refractivity contribution is 6.30. The minimum absolute atomic E-state index is 0.191. The molecule has 3 rings (SSSR count). The van der Waals surface area contributed by atoms with Crippen molar-refractivity contribution in [2.45, 2.75) is 6.54 Å². The number of ether oxygens (including phenoxy) is 3. The van der Waals surface area contributed by atoms with Gasteiger partial charge in [0, 0.05) is 24.7 Å². The highest BCUT2D eigenvalue weighted by Gasteiger charge is 2.13. The van der Waals surface area contributed by atoms with Crippen molar-refractivity contribution in [2.24, 2.45) is 0 Å². The normalized spacial score (nSPS) is 12.2. The van der Waals surface area contributed by atoms with Gasteiger partial charge in [-0.2, -0.15) is 0 Å². The van der Waals surface area contributed by atoms with Crippen molar-refractivity contribution in [1.82, 2.24) is 4.90 Å². The second kappa shape index (κ2) is 8.60. The Labute approximate surface area is 161 Å². The summed E-state index contributed by atoms with van der Waals surface area (Å²) in [5, 5.41) is 0.635. The number of likely N-dealkylation sites (N-methyl/N-ethyl adjacent to an activating group) is 1. The summed E-state index contributed by atoms with van der Waals surface area (Å²) in [4.78, 5) is 25.4. The van der Waals surface area contributed by atoms with Crippen LogP contribution in [0.25, 0.3) is 6.08 Å². The van der Waals surface area contributed by atoms with Gasteiger partial charge in [0.05, 0.1) is 0 Å². The number of carbonyl (C=O) groups excluding carboxylic acids is 2. The average Bonchev–Trinajstić information content (AvgIpc) is 3.14. The van der Waals surface area contributed by atoms with Gasteiger partial charge in [0.1, 0.15) is 0 Å². The molecule has 0 aliphatic carbocycles. The zero-order chi connectivity index (χ0) is 19.2. The minimum atomic E-state index is -0.596. The molecule has 140 valence electrons. The van der Waals surface area contributed by atoms with Crippen molar-refractivity contribution in [1.29, 1.82) is 0 Å². The van der Waals surface area contributed by atoms with E-state index in [0.717, 1.165) is 11.1 Å². The Hall–Kier alpha value is -2.99. The summed E-state index contributed by atoms with van der Waals surface area (Å²) < 4.78 is 15.5. The molecular weight excluding hydrogens is 370 g/mol. The molecule has 0 aromatic heterocycles. The molecular formula is C20H18ClNO5. The molecule has 6 nitrogen and oxygen atoms in total. The number of rotatable bonds is 6. The Bertz CT molecular complexity index is 863. The van der Waals surface area contributed by atoms with Gasteiger partial charge in [-0.25, -0.2) is 4.79 Å². The van der Waals surface area contributed by atoms with Crippen LogP contribution in [0.3, 0.4) is 0 Å². The van der Waals surface area contributed by atoms with Crippen LogP contribution in [0.1, 0.15) is 11.1 Å². The number of benzene rings is 2. The number of amides is 1. The SMILES string of the molecule is CN(Cc1ccc(Cl)cc1)C(=O)COC(=O)/C=C/c1ccc2c(c1)OCO2. The van der Waals surface area contributed by atoms with Crippen LogP contribution >= 0.6 is 11.6 Å². The van der Waals surface area contributed by atoms with Crippen LogP contribution in [0.15, 0.2) is 48.5 Å². The monoisotopic (exact) mass is 387 g/mol. The molecule has 1 aliphatic rings. The molecule has 0 bridgehead atoms. The van der Waals surface area contributed by atoms with Crippen LogP contribution in [-0.2, 0) is 20.9 Å². The second-order valence-electron chi connectivity index (χ2n) is 5.93. The van der Waals surface area contributed by atoms with Gasteiger partial charge in [-0.1, -0.05) is 29.8 Å².